The Hall–Kier alpha value is -1.41. The van der Waals surface area contributed by atoms with Crippen LogP contribution in [0.15, 0.2) is 18.5 Å². The number of nitrogens with one attached hydrogen (secondary N) is 1. The number of nitrogens with two attached hydrogens (primary N) is 1. The molecule has 2 rings (SSSR count). The van der Waals surface area contributed by atoms with Gasteiger partial charge in [-0.2, -0.15) is 0 Å². The van der Waals surface area contributed by atoms with Crippen molar-refractivity contribution in [2.45, 2.75) is 32.4 Å². The minimum Gasteiger partial charge on any atom is -0.361 e. The van der Waals surface area contributed by atoms with E-state index in [1.54, 1.807) is 0 Å². The van der Waals surface area contributed by atoms with Gasteiger partial charge in [-0.05, 0) is 12.1 Å². The summed E-state index contributed by atoms with van der Waals surface area (Å²) in [6.07, 6.45) is 3.27. The highest BCUT2D eigenvalue weighted by atomic mass is 35.5. The Morgan fingerprint density at radius 2 is 2.23 bits per heavy atom. The van der Waals surface area contributed by atoms with Crippen molar-refractivity contribution >= 4 is 36.6 Å². The topological polar surface area (TPSA) is 82.2 Å². The van der Waals surface area contributed by atoms with E-state index in [2.05, 4.69) is 30.1 Å². The number of fused-ring (bicyclic) bond motifs is 1. The maximum atomic E-state index is 11.6. The summed E-state index contributed by atoms with van der Waals surface area (Å²) in [7, 11) is -1.09. The van der Waals surface area contributed by atoms with Gasteiger partial charge in [-0.25, -0.2) is 10.8 Å². The lowest BCUT2D eigenvalue weighted by molar-refractivity contribution is 0.0899. The first kappa shape index (κ1) is 16.9. The van der Waals surface area contributed by atoms with Crippen molar-refractivity contribution in [2.75, 3.05) is 6.61 Å². The number of nitrogen functional groups attached to an aromatic ring is 1. The summed E-state index contributed by atoms with van der Waals surface area (Å²) in [6, 6.07) is 2.93. The molecule has 2 aromatic heterocycles. The number of pyridine rings is 1. The number of hydrogen-bond donors (Lipinski definition) is 2. The molecule has 0 aromatic carbocycles. The normalized spacial score (nSPS) is 11.9. The van der Waals surface area contributed by atoms with Gasteiger partial charge in [0, 0.05) is 32.5 Å². The number of aromatic nitrogens is 2. The number of carbonyl (C=O) groups is 1. The summed E-state index contributed by atoms with van der Waals surface area (Å²) in [5.41, 5.74) is 3.00. The fraction of sp³-hybridized carbons (Fsp3) is 0.429. The molecule has 22 heavy (non-hydrogen) atoms. The Labute approximate surface area is 135 Å². The molecule has 6 nitrogen and oxygen atoms in total. The third-order valence-corrected chi connectivity index (χ3v) is 5.44. The van der Waals surface area contributed by atoms with Gasteiger partial charge in [-0.15, -0.1) is 0 Å². The second kappa shape index (κ2) is 6.78. The zero-order valence-electron chi connectivity index (χ0n) is 13.0. The van der Waals surface area contributed by atoms with E-state index in [1.165, 1.54) is 6.20 Å². The Bertz CT molecular complexity index is 681. The SMILES string of the molecule is C[Si](C)(C)CCOCn1ccc2c(Cl)c(C(=O)NN)cnc21. The van der Waals surface area contributed by atoms with Gasteiger partial charge in [-0.1, -0.05) is 31.2 Å². The van der Waals surface area contributed by atoms with E-state index in [4.69, 9.17) is 22.2 Å². The molecule has 8 heteroatoms. The molecule has 1 amide bonds. The largest absolute Gasteiger partial charge is 0.361 e. The van der Waals surface area contributed by atoms with Crippen LogP contribution in [0.4, 0.5) is 0 Å². The van der Waals surface area contributed by atoms with Gasteiger partial charge in [0.2, 0.25) is 0 Å². The van der Waals surface area contributed by atoms with Crippen molar-refractivity contribution in [3.63, 3.8) is 0 Å². The lowest BCUT2D eigenvalue weighted by Gasteiger charge is -2.15. The molecular formula is C14H21ClN4O2Si. The molecular weight excluding hydrogens is 320 g/mol. The Morgan fingerprint density at radius 3 is 2.86 bits per heavy atom. The number of rotatable bonds is 6. The van der Waals surface area contributed by atoms with Crippen molar-refractivity contribution in [2.24, 2.45) is 5.84 Å². The van der Waals surface area contributed by atoms with Crippen molar-refractivity contribution < 1.29 is 9.53 Å². The number of nitrogens with zero attached hydrogens (tertiary/aromatic N) is 2. The summed E-state index contributed by atoms with van der Waals surface area (Å²) in [5.74, 6) is 4.67. The van der Waals surface area contributed by atoms with Crippen LogP contribution in [0.5, 0.6) is 0 Å². The van der Waals surface area contributed by atoms with Crippen LogP contribution in [0.25, 0.3) is 11.0 Å². The molecule has 0 aliphatic carbocycles. The second-order valence-electron chi connectivity index (χ2n) is 6.33. The lowest BCUT2D eigenvalue weighted by Crippen LogP contribution is -2.30. The fourth-order valence-corrected chi connectivity index (χ4v) is 3.03. The van der Waals surface area contributed by atoms with E-state index < -0.39 is 14.0 Å². The predicted octanol–water partition coefficient (Wildman–Crippen LogP) is 2.61. The lowest BCUT2D eigenvalue weighted by atomic mass is 10.2. The van der Waals surface area contributed by atoms with Crippen LogP contribution in [0.3, 0.4) is 0 Å². The van der Waals surface area contributed by atoms with E-state index >= 15 is 0 Å². The number of halogens is 1. The fourth-order valence-electron chi connectivity index (χ4n) is 1.99. The average Bonchev–Trinajstić information content (AvgIpc) is 2.86. The summed E-state index contributed by atoms with van der Waals surface area (Å²) in [5, 5.41) is 1.05. The minimum atomic E-state index is -1.09. The number of ether oxygens (including phenoxy) is 1. The van der Waals surface area contributed by atoms with Crippen molar-refractivity contribution in [3.8, 4) is 0 Å². The van der Waals surface area contributed by atoms with E-state index in [-0.39, 0.29) is 5.56 Å². The van der Waals surface area contributed by atoms with E-state index in [0.29, 0.717) is 22.8 Å². The predicted molar refractivity (Wildman–Crippen MR) is 90.5 cm³/mol. The molecule has 0 aliphatic rings. The number of hydrazine groups is 1. The summed E-state index contributed by atoms with van der Waals surface area (Å²) >= 11 is 6.24. The Balaban J connectivity index is 2.13. The quantitative estimate of drug-likeness (QED) is 0.278. The Kier molecular flexibility index (Phi) is 5.22. The van der Waals surface area contributed by atoms with E-state index in [0.717, 1.165) is 12.7 Å². The second-order valence-corrected chi connectivity index (χ2v) is 12.3. The minimum absolute atomic E-state index is 0.258. The van der Waals surface area contributed by atoms with Gasteiger partial charge in [-0.3, -0.25) is 10.2 Å². The van der Waals surface area contributed by atoms with Gasteiger partial charge in [0.1, 0.15) is 12.4 Å². The summed E-state index contributed by atoms with van der Waals surface area (Å²) in [6.45, 7) is 8.09. The van der Waals surface area contributed by atoms with Crippen molar-refractivity contribution in [1.82, 2.24) is 15.0 Å². The average molecular weight is 341 g/mol. The summed E-state index contributed by atoms with van der Waals surface area (Å²) < 4.78 is 7.59. The first-order valence-corrected chi connectivity index (χ1v) is 11.1. The standard InChI is InChI=1S/C14H21ClN4O2Si/c1-22(2,3)7-6-21-9-19-5-4-10-12(15)11(14(20)18-16)8-17-13(10)19/h4-5,8H,6-7,9,16H2,1-3H3,(H,18,20). The molecule has 0 saturated heterocycles. The van der Waals surface area contributed by atoms with Gasteiger partial charge in [0.15, 0.2) is 0 Å². The molecule has 0 spiro atoms. The van der Waals surface area contributed by atoms with Gasteiger partial charge in [0.05, 0.1) is 10.6 Å². The maximum absolute atomic E-state index is 11.6. The van der Waals surface area contributed by atoms with E-state index in [1.807, 2.05) is 16.8 Å². The van der Waals surface area contributed by atoms with Crippen LogP contribution in [0, 0.1) is 0 Å². The first-order valence-electron chi connectivity index (χ1n) is 7.05. The maximum Gasteiger partial charge on any atom is 0.268 e. The molecule has 0 atom stereocenters. The van der Waals surface area contributed by atoms with Gasteiger partial charge < -0.3 is 9.30 Å². The monoisotopic (exact) mass is 340 g/mol. The third kappa shape index (κ3) is 3.86. The van der Waals surface area contributed by atoms with Crippen LogP contribution in [0.2, 0.25) is 30.7 Å². The van der Waals surface area contributed by atoms with Crippen LogP contribution >= 0.6 is 11.6 Å². The van der Waals surface area contributed by atoms with Gasteiger partial charge >= 0.3 is 0 Å². The third-order valence-electron chi connectivity index (χ3n) is 3.33. The summed E-state index contributed by atoms with van der Waals surface area (Å²) in [4.78, 5) is 15.9. The molecule has 2 heterocycles. The molecule has 3 N–H and O–H groups in total. The first-order chi connectivity index (χ1) is 10.3. The molecule has 0 radical (unpaired) electrons. The highest BCUT2D eigenvalue weighted by Crippen LogP contribution is 2.26. The molecule has 120 valence electrons. The molecule has 0 unspecified atom stereocenters. The smallest absolute Gasteiger partial charge is 0.268 e. The van der Waals surface area contributed by atoms with Crippen molar-refractivity contribution in [1.29, 1.82) is 0 Å². The number of carbonyl (C=O) groups excluding carboxylic acids is 1. The van der Waals surface area contributed by atoms with Crippen LogP contribution in [-0.2, 0) is 11.5 Å². The molecule has 0 bridgehead atoms. The highest BCUT2D eigenvalue weighted by molar-refractivity contribution is 6.76. The Morgan fingerprint density at radius 1 is 1.50 bits per heavy atom. The molecule has 0 saturated carbocycles. The molecule has 0 fully saturated rings. The van der Waals surface area contributed by atoms with E-state index in [9.17, 15) is 4.79 Å². The van der Waals surface area contributed by atoms with Crippen LogP contribution < -0.4 is 11.3 Å². The molecule has 2 aromatic rings. The van der Waals surface area contributed by atoms with Crippen LogP contribution in [0.1, 0.15) is 10.4 Å². The van der Waals surface area contributed by atoms with Crippen LogP contribution in [-0.4, -0.2) is 30.1 Å². The molecule has 0 aliphatic heterocycles. The zero-order valence-corrected chi connectivity index (χ0v) is 14.8. The van der Waals surface area contributed by atoms with Gasteiger partial charge in [0.25, 0.3) is 5.91 Å². The van der Waals surface area contributed by atoms with Crippen molar-refractivity contribution in [3.05, 3.63) is 29.0 Å². The number of hydrogen-bond acceptors (Lipinski definition) is 4. The zero-order chi connectivity index (χ0) is 16.3. The highest BCUT2D eigenvalue weighted by Gasteiger charge is 2.16. The number of amides is 1.